The minimum absolute atomic E-state index is 0.0240. The van der Waals surface area contributed by atoms with Gasteiger partial charge in [-0.25, -0.2) is 0 Å². The third-order valence-electron chi connectivity index (χ3n) is 3.24. The van der Waals surface area contributed by atoms with Gasteiger partial charge in [0.25, 0.3) is 11.6 Å². The monoisotopic (exact) mass is 264 g/mol. The van der Waals surface area contributed by atoms with Crippen molar-refractivity contribution in [2.45, 2.75) is 18.9 Å². The van der Waals surface area contributed by atoms with Gasteiger partial charge in [0.1, 0.15) is 0 Å². The number of nitrogens with one attached hydrogen (secondary N) is 1. The van der Waals surface area contributed by atoms with E-state index in [9.17, 15) is 14.9 Å². The lowest BCUT2D eigenvalue weighted by Gasteiger charge is -2.14. The molecule has 0 spiro atoms. The largest absolute Gasteiger partial charge is 0.383 e. The van der Waals surface area contributed by atoms with Gasteiger partial charge < -0.3 is 16.8 Å². The van der Waals surface area contributed by atoms with Crippen molar-refractivity contribution in [3.8, 4) is 0 Å². The summed E-state index contributed by atoms with van der Waals surface area (Å²) in [6.07, 6.45) is 2.26. The second-order valence-corrected chi connectivity index (χ2v) is 4.73. The molecule has 1 aromatic rings. The molecule has 1 unspecified atom stereocenters. The smallest absolute Gasteiger partial charge is 0.270 e. The third kappa shape index (κ3) is 3.19. The lowest BCUT2D eigenvalue weighted by Crippen LogP contribution is -2.31. The summed E-state index contributed by atoms with van der Waals surface area (Å²) in [5, 5.41) is 13.7. The molecule has 0 heterocycles. The molecule has 0 bridgehead atoms. The van der Waals surface area contributed by atoms with Crippen LogP contribution in [0, 0.1) is 16.0 Å². The summed E-state index contributed by atoms with van der Waals surface area (Å²) in [6, 6.07) is 4.01. The van der Waals surface area contributed by atoms with Crippen LogP contribution in [0.25, 0.3) is 0 Å². The van der Waals surface area contributed by atoms with E-state index in [0.717, 1.165) is 12.8 Å². The standard InChI is InChI=1S/C12H16N4O3/c13-10(7-1-2-7)6-15-11-4-3-8(16(18)19)5-9(11)12(14)17/h3-5,7,10,15H,1-2,6,13H2,(H2,14,17). The summed E-state index contributed by atoms with van der Waals surface area (Å²) in [5.41, 5.74) is 11.6. The van der Waals surface area contributed by atoms with E-state index >= 15 is 0 Å². The fraction of sp³-hybridized carbons (Fsp3) is 0.417. The van der Waals surface area contributed by atoms with Crippen molar-refractivity contribution in [2.24, 2.45) is 17.4 Å². The lowest BCUT2D eigenvalue weighted by molar-refractivity contribution is -0.384. The van der Waals surface area contributed by atoms with Crippen LogP contribution in [-0.4, -0.2) is 23.4 Å². The lowest BCUT2D eigenvalue weighted by atomic mass is 10.1. The molecule has 1 atom stereocenters. The van der Waals surface area contributed by atoms with Crippen molar-refractivity contribution in [2.75, 3.05) is 11.9 Å². The van der Waals surface area contributed by atoms with E-state index in [1.54, 1.807) is 0 Å². The number of rotatable bonds is 6. The maximum absolute atomic E-state index is 11.3. The van der Waals surface area contributed by atoms with Crippen LogP contribution >= 0.6 is 0 Å². The van der Waals surface area contributed by atoms with E-state index in [2.05, 4.69) is 5.32 Å². The normalized spacial score (nSPS) is 15.8. The second-order valence-electron chi connectivity index (χ2n) is 4.73. The highest BCUT2D eigenvalue weighted by atomic mass is 16.6. The molecular formula is C12H16N4O3. The minimum Gasteiger partial charge on any atom is -0.383 e. The van der Waals surface area contributed by atoms with Gasteiger partial charge in [0.05, 0.1) is 10.5 Å². The van der Waals surface area contributed by atoms with Crippen molar-refractivity contribution in [3.05, 3.63) is 33.9 Å². The van der Waals surface area contributed by atoms with Crippen LogP contribution in [0.15, 0.2) is 18.2 Å². The molecule has 0 radical (unpaired) electrons. The fourth-order valence-corrected chi connectivity index (χ4v) is 1.92. The summed E-state index contributed by atoms with van der Waals surface area (Å²) in [4.78, 5) is 21.4. The first-order chi connectivity index (χ1) is 8.99. The first-order valence-electron chi connectivity index (χ1n) is 6.06. The summed E-state index contributed by atoms with van der Waals surface area (Å²) >= 11 is 0. The third-order valence-corrected chi connectivity index (χ3v) is 3.24. The molecule has 19 heavy (non-hydrogen) atoms. The molecule has 0 aromatic heterocycles. The van der Waals surface area contributed by atoms with Crippen LogP contribution in [0.4, 0.5) is 11.4 Å². The Balaban J connectivity index is 2.13. The number of nitro groups is 1. The van der Waals surface area contributed by atoms with Gasteiger partial charge in [-0.3, -0.25) is 14.9 Å². The number of nitrogens with zero attached hydrogens (tertiary/aromatic N) is 1. The van der Waals surface area contributed by atoms with Gasteiger partial charge in [0, 0.05) is 30.4 Å². The number of non-ortho nitro benzene ring substituents is 1. The van der Waals surface area contributed by atoms with E-state index in [1.165, 1.54) is 18.2 Å². The Hall–Kier alpha value is -2.15. The molecule has 7 heteroatoms. The number of carbonyl (C=O) groups is 1. The van der Waals surface area contributed by atoms with Crippen LogP contribution in [0.3, 0.4) is 0 Å². The van der Waals surface area contributed by atoms with Crippen LogP contribution in [0.2, 0.25) is 0 Å². The molecule has 1 aliphatic rings. The summed E-state index contributed by atoms with van der Waals surface area (Å²) in [6.45, 7) is 0.517. The van der Waals surface area contributed by atoms with Gasteiger partial charge in [0.15, 0.2) is 0 Å². The van der Waals surface area contributed by atoms with Crippen molar-refractivity contribution in [1.29, 1.82) is 0 Å². The van der Waals surface area contributed by atoms with E-state index in [4.69, 9.17) is 11.5 Å². The van der Waals surface area contributed by atoms with Crippen LogP contribution in [0.1, 0.15) is 23.2 Å². The zero-order chi connectivity index (χ0) is 14.0. The van der Waals surface area contributed by atoms with Gasteiger partial charge in [0.2, 0.25) is 0 Å². The number of carbonyl (C=O) groups excluding carboxylic acids is 1. The molecule has 0 saturated heterocycles. The minimum atomic E-state index is -0.703. The molecule has 7 nitrogen and oxygen atoms in total. The van der Waals surface area contributed by atoms with Crippen molar-refractivity contribution >= 4 is 17.3 Å². The SMILES string of the molecule is NC(=O)c1cc([N+](=O)[O-])ccc1NCC(N)C1CC1. The number of hydrogen-bond acceptors (Lipinski definition) is 5. The molecule has 1 aliphatic carbocycles. The molecule has 1 saturated carbocycles. The Morgan fingerprint density at radius 3 is 2.74 bits per heavy atom. The highest BCUT2D eigenvalue weighted by Crippen LogP contribution is 2.31. The van der Waals surface area contributed by atoms with Gasteiger partial charge in [-0.15, -0.1) is 0 Å². The van der Waals surface area contributed by atoms with E-state index in [-0.39, 0.29) is 17.3 Å². The average molecular weight is 264 g/mol. The maximum Gasteiger partial charge on any atom is 0.270 e. The van der Waals surface area contributed by atoms with E-state index in [0.29, 0.717) is 18.2 Å². The fourth-order valence-electron chi connectivity index (χ4n) is 1.92. The number of primary amides is 1. The number of anilines is 1. The highest BCUT2D eigenvalue weighted by molar-refractivity contribution is 5.99. The molecule has 1 fully saturated rings. The van der Waals surface area contributed by atoms with Crippen molar-refractivity contribution in [1.82, 2.24) is 0 Å². The number of nitro benzene ring substituents is 1. The zero-order valence-corrected chi connectivity index (χ0v) is 10.3. The predicted octanol–water partition coefficient (Wildman–Crippen LogP) is 0.843. The molecule has 102 valence electrons. The second kappa shape index (κ2) is 5.23. The number of benzene rings is 1. The molecule has 1 aromatic carbocycles. The van der Waals surface area contributed by atoms with Crippen LogP contribution < -0.4 is 16.8 Å². The summed E-state index contributed by atoms with van der Waals surface area (Å²) in [5.74, 6) is -0.172. The highest BCUT2D eigenvalue weighted by Gasteiger charge is 2.28. The quantitative estimate of drug-likeness (QED) is 0.518. The van der Waals surface area contributed by atoms with Crippen molar-refractivity contribution in [3.63, 3.8) is 0 Å². The van der Waals surface area contributed by atoms with E-state index in [1.807, 2.05) is 0 Å². The maximum atomic E-state index is 11.3. The molecule has 1 amide bonds. The Morgan fingerprint density at radius 1 is 1.53 bits per heavy atom. The Morgan fingerprint density at radius 2 is 2.21 bits per heavy atom. The van der Waals surface area contributed by atoms with Crippen LogP contribution in [0.5, 0.6) is 0 Å². The molecule has 5 N–H and O–H groups in total. The summed E-state index contributed by atoms with van der Waals surface area (Å²) in [7, 11) is 0. The number of hydrogen-bond donors (Lipinski definition) is 3. The topological polar surface area (TPSA) is 124 Å². The van der Waals surface area contributed by atoms with E-state index < -0.39 is 10.8 Å². The van der Waals surface area contributed by atoms with Gasteiger partial charge in [-0.2, -0.15) is 0 Å². The first kappa shape index (κ1) is 13.3. The number of amides is 1. The van der Waals surface area contributed by atoms with Crippen LogP contribution in [-0.2, 0) is 0 Å². The molecular weight excluding hydrogens is 248 g/mol. The zero-order valence-electron chi connectivity index (χ0n) is 10.3. The summed E-state index contributed by atoms with van der Waals surface area (Å²) < 4.78 is 0. The molecule has 0 aliphatic heterocycles. The molecule has 2 rings (SSSR count). The average Bonchev–Trinajstić information content (AvgIpc) is 3.19. The van der Waals surface area contributed by atoms with Gasteiger partial charge in [-0.1, -0.05) is 0 Å². The Bertz CT molecular complexity index is 514. The predicted molar refractivity (Wildman–Crippen MR) is 70.8 cm³/mol. The van der Waals surface area contributed by atoms with Gasteiger partial charge in [-0.05, 0) is 24.8 Å². The van der Waals surface area contributed by atoms with Gasteiger partial charge >= 0.3 is 0 Å². The number of nitrogens with two attached hydrogens (primary N) is 2. The van der Waals surface area contributed by atoms with Crippen molar-refractivity contribution < 1.29 is 9.72 Å². The Kier molecular flexibility index (Phi) is 3.66. The first-order valence-corrected chi connectivity index (χ1v) is 6.06. The Labute approximate surface area is 110 Å².